The van der Waals surface area contributed by atoms with Crippen LogP contribution in [0, 0.1) is 0 Å². The van der Waals surface area contributed by atoms with Crippen LogP contribution < -0.4 is 0 Å². The maximum absolute atomic E-state index is 8.67. The van der Waals surface area contributed by atoms with Gasteiger partial charge >= 0.3 is 0 Å². The number of aliphatic hydroxyl groups excluding tert-OH is 2. The molecule has 0 amide bonds. The molecule has 2 N–H and O–H groups in total. The van der Waals surface area contributed by atoms with Gasteiger partial charge in [0.15, 0.2) is 0 Å². The third kappa shape index (κ3) is 25.3. The van der Waals surface area contributed by atoms with Crippen molar-refractivity contribution in [2.45, 2.75) is 17.9 Å². The lowest BCUT2D eigenvalue weighted by Crippen LogP contribution is -2.15. The van der Waals surface area contributed by atoms with E-state index in [-0.39, 0.29) is 17.3 Å². The molecule has 0 aromatic heterocycles. The van der Waals surface area contributed by atoms with E-state index in [2.05, 4.69) is 13.8 Å². The summed E-state index contributed by atoms with van der Waals surface area (Å²) < 4.78 is 22.3. The molecular formula is C19H40O6S4. The van der Waals surface area contributed by atoms with E-state index in [1.165, 1.54) is 0 Å². The first-order valence-corrected chi connectivity index (χ1v) is 14.4. The van der Waals surface area contributed by atoms with Gasteiger partial charge in [-0.3, -0.25) is 0 Å². The molecule has 0 heterocycles. The Hall–Kier alpha value is 1.16. The monoisotopic (exact) mass is 492 g/mol. The number of hydrogen-bond donors (Lipinski definition) is 2. The lowest BCUT2D eigenvalue weighted by molar-refractivity contribution is 0.0603. The first-order chi connectivity index (χ1) is 14.1. The van der Waals surface area contributed by atoms with Gasteiger partial charge in [-0.2, -0.15) is 23.5 Å². The minimum Gasteiger partial charge on any atom is -0.396 e. The lowest BCUT2D eigenvalue weighted by atomic mass is 10.5. The van der Waals surface area contributed by atoms with E-state index in [4.69, 9.17) is 29.2 Å². The van der Waals surface area contributed by atoms with Crippen LogP contribution in [0.15, 0.2) is 0 Å². The molecule has 0 aromatic carbocycles. The quantitative estimate of drug-likeness (QED) is 0.155. The van der Waals surface area contributed by atoms with Gasteiger partial charge in [-0.15, -0.1) is 23.5 Å². The topological polar surface area (TPSA) is 77.4 Å². The molecule has 0 aromatic rings. The SMILES string of the molecule is CC(C)(SCCOCCOCCSCCO)SCCOCCOCCSCCO. The molecule has 0 rings (SSSR count). The van der Waals surface area contributed by atoms with Crippen LogP contribution in [0.2, 0.25) is 0 Å². The molecule has 176 valence electrons. The predicted molar refractivity (Wildman–Crippen MR) is 131 cm³/mol. The highest BCUT2D eigenvalue weighted by Gasteiger charge is 2.18. The maximum atomic E-state index is 8.67. The van der Waals surface area contributed by atoms with E-state index >= 15 is 0 Å². The highest BCUT2D eigenvalue weighted by atomic mass is 32.2. The number of ether oxygens (including phenoxy) is 4. The van der Waals surface area contributed by atoms with Crippen LogP contribution in [-0.2, 0) is 18.9 Å². The zero-order valence-electron chi connectivity index (χ0n) is 18.0. The van der Waals surface area contributed by atoms with Crippen molar-refractivity contribution in [2.75, 3.05) is 101 Å². The smallest absolute Gasteiger partial charge is 0.0700 e. The van der Waals surface area contributed by atoms with Crippen molar-refractivity contribution in [1.82, 2.24) is 0 Å². The number of aliphatic hydroxyl groups is 2. The normalized spacial score (nSPS) is 12.0. The van der Waals surface area contributed by atoms with Crippen LogP contribution in [0.3, 0.4) is 0 Å². The van der Waals surface area contributed by atoms with Gasteiger partial charge in [-0.25, -0.2) is 0 Å². The molecule has 10 heteroatoms. The minimum absolute atomic E-state index is 0.146. The number of rotatable bonds is 24. The largest absolute Gasteiger partial charge is 0.396 e. The molecule has 0 spiro atoms. The van der Waals surface area contributed by atoms with Crippen molar-refractivity contribution < 1.29 is 29.2 Å². The molecule has 0 aliphatic rings. The Balaban J connectivity index is 3.30. The summed E-state index contributed by atoms with van der Waals surface area (Å²) in [5, 5.41) is 17.3. The molecule has 0 unspecified atom stereocenters. The van der Waals surface area contributed by atoms with Gasteiger partial charge in [0.05, 0.1) is 70.1 Å². The van der Waals surface area contributed by atoms with E-state index in [0.29, 0.717) is 39.6 Å². The first-order valence-electron chi connectivity index (χ1n) is 10.1. The second kappa shape index (κ2) is 23.8. The Kier molecular flexibility index (Phi) is 24.8. The van der Waals surface area contributed by atoms with Gasteiger partial charge in [0.1, 0.15) is 0 Å². The van der Waals surface area contributed by atoms with Gasteiger partial charge in [0.25, 0.3) is 0 Å². The Bertz CT molecular complexity index is 299. The summed E-state index contributed by atoms with van der Waals surface area (Å²) in [6.07, 6.45) is 0. The third-order valence-electron chi connectivity index (χ3n) is 3.31. The summed E-state index contributed by atoms with van der Waals surface area (Å²) in [7, 11) is 0. The summed E-state index contributed by atoms with van der Waals surface area (Å²) in [6.45, 7) is 10.4. The van der Waals surface area contributed by atoms with Gasteiger partial charge in [-0.05, 0) is 13.8 Å². The van der Waals surface area contributed by atoms with E-state index in [9.17, 15) is 0 Å². The average Bonchev–Trinajstić information content (AvgIpc) is 2.70. The second-order valence-electron chi connectivity index (χ2n) is 6.22. The third-order valence-corrected chi connectivity index (χ3v) is 8.01. The molecular weight excluding hydrogens is 452 g/mol. The zero-order chi connectivity index (χ0) is 21.5. The first kappa shape index (κ1) is 30.2. The fraction of sp³-hybridized carbons (Fsp3) is 1.00. The summed E-state index contributed by atoms with van der Waals surface area (Å²) in [5.41, 5.74) is 0. The predicted octanol–water partition coefficient (Wildman–Crippen LogP) is 2.71. The van der Waals surface area contributed by atoms with Crippen LogP contribution >= 0.6 is 47.0 Å². The maximum Gasteiger partial charge on any atom is 0.0700 e. The fourth-order valence-corrected chi connectivity index (χ4v) is 5.30. The van der Waals surface area contributed by atoms with E-state index in [1.54, 1.807) is 23.5 Å². The lowest BCUT2D eigenvalue weighted by Gasteiger charge is -2.23. The van der Waals surface area contributed by atoms with Crippen molar-refractivity contribution >= 4 is 47.0 Å². The fourth-order valence-electron chi connectivity index (χ4n) is 1.95. The van der Waals surface area contributed by atoms with Crippen molar-refractivity contribution in [3.05, 3.63) is 0 Å². The van der Waals surface area contributed by atoms with Crippen molar-refractivity contribution in [1.29, 1.82) is 0 Å². The molecule has 0 saturated carbocycles. The van der Waals surface area contributed by atoms with Gasteiger partial charge in [-0.1, -0.05) is 0 Å². The standard InChI is InChI=1S/C19H40O6S4/c1-19(2,28-17-11-24-7-5-22-9-15-26-13-3-20)29-18-12-25-8-6-23-10-16-27-14-4-21/h20-21H,3-18H2,1-2H3. The molecule has 0 bridgehead atoms. The van der Waals surface area contributed by atoms with Gasteiger partial charge < -0.3 is 29.2 Å². The highest BCUT2D eigenvalue weighted by Crippen LogP contribution is 2.35. The van der Waals surface area contributed by atoms with E-state index < -0.39 is 0 Å². The molecule has 0 saturated heterocycles. The molecule has 6 nitrogen and oxygen atoms in total. The molecule has 0 atom stereocenters. The second-order valence-corrected chi connectivity index (χ2v) is 12.4. The Morgan fingerprint density at radius 1 is 0.517 bits per heavy atom. The van der Waals surface area contributed by atoms with Crippen LogP contribution in [0.25, 0.3) is 0 Å². The summed E-state index contributed by atoms with van der Waals surface area (Å²) in [6, 6.07) is 0. The van der Waals surface area contributed by atoms with Crippen molar-refractivity contribution in [3.8, 4) is 0 Å². The molecule has 29 heavy (non-hydrogen) atoms. The summed E-state index contributed by atoms with van der Waals surface area (Å²) >= 11 is 7.21. The van der Waals surface area contributed by atoms with Crippen LogP contribution in [0.4, 0.5) is 0 Å². The molecule has 0 aliphatic heterocycles. The van der Waals surface area contributed by atoms with Crippen molar-refractivity contribution in [3.63, 3.8) is 0 Å². The van der Waals surface area contributed by atoms with E-state index in [1.807, 2.05) is 23.5 Å². The number of thioether (sulfide) groups is 4. The summed E-state index contributed by atoms with van der Waals surface area (Å²) in [4.78, 5) is 0. The molecule has 0 aliphatic carbocycles. The molecule has 0 radical (unpaired) electrons. The van der Waals surface area contributed by atoms with Crippen molar-refractivity contribution in [2.24, 2.45) is 0 Å². The van der Waals surface area contributed by atoms with Crippen LogP contribution in [0.1, 0.15) is 13.8 Å². The van der Waals surface area contributed by atoms with Crippen LogP contribution in [0.5, 0.6) is 0 Å². The Morgan fingerprint density at radius 3 is 1.21 bits per heavy atom. The minimum atomic E-state index is 0.146. The Labute approximate surface area is 194 Å². The average molecular weight is 493 g/mol. The summed E-state index contributed by atoms with van der Waals surface area (Å²) in [5.74, 6) is 5.33. The van der Waals surface area contributed by atoms with E-state index in [0.717, 1.165) is 47.7 Å². The number of hydrogen-bond acceptors (Lipinski definition) is 10. The van der Waals surface area contributed by atoms with Crippen LogP contribution in [-0.4, -0.2) is 115 Å². The zero-order valence-corrected chi connectivity index (χ0v) is 21.2. The highest BCUT2D eigenvalue weighted by molar-refractivity contribution is 8.18. The van der Waals surface area contributed by atoms with Gasteiger partial charge in [0.2, 0.25) is 0 Å². The Morgan fingerprint density at radius 2 is 0.862 bits per heavy atom. The molecule has 0 fully saturated rings. The van der Waals surface area contributed by atoms with Gasteiger partial charge in [0, 0.05) is 34.5 Å².